The fourth-order valence-corrected chi connectivity index (χ4v) is 8.35. The number of hydrogen-bond donors (Lipinski definition) is 4. The Balaban J connectivity index is 0.821. The number of halogens is 1. The molecule has 0 aliphatic carbocycles. The van der Waals surface area contributed by atoms with Crippen LogP contribution in [-0.2, 0) is 14.4 Å². The maximum atomic E-state index is 14.9. The Morgan fingerprint density at radius 2 is 1.72 bits per heavy atom. The number of unbranched alkanes of at least 4 members (excludes halogenated alkanes) is 2. The number of anilines is 3. The number of methoxy groups -OCH3 is 1. The lowest BCUT2D eigenvalue weighted by Crippen LogP contribution is -2.54. The molecule has 3 aliphatic rings. The SMILES string of the molecule is COc1cccc(F)c1-c1nccc(C(=O)Nc2ccc(-c3cnccc3C#N)cc2N2CCN(CC(=O)NCCCCCNc3ccc4c(c3)C(=O)N(C3CCC(=O)NC3=O)C4=O)CC2)n1. The Hall–Kier alpha value is -8.11. The summed E-state index contributed by atoms with van der Waals surface area (Å²) in [5.74, 6) is -3.22. The van der Waals surface area contributed by atoms with Crippen molar-refractivity contribution in [3.8, 4) is 34.3 Å². The predicted octanol–water partition coefficient (Wildman–Crippen LogP) is 4.40. The third-order valence-electron chi connectivity index (χ3n) is 11.8. The third-order valence-corrected chi connectivity index (χ3v) is 11.8. The summed E-state index contributed by atoms with van der Waals surface area (Å²) in [6, 6.07) is 19.0. The topological polar surface area (TPSA) is 232 Å². The van der Waals surface area contributed by atoms with E-state index in [0.717, 1.165) is 29.7 Å². The first kappa shape index (κ1) is 45.5. The largest absolute Gasteiger partial charge is 0.496 e. The highest BCUT2D eigenvalue weighted by molar-refractivity contribution is 6.23. The molecule has 4 N–H and O–H groups in total. The Morgan fingerprint density at radius 3 is 2.51 bits per heavy atom. The number of imide groups is 2. The zero-order valence-electron chi connectivity index (χ0n) is 36.5. The molecule has 342 valence electrons. The lowest BCUT2D eigenvalue weighted by atomic mass is 10.0. The summed E-state index contributed by atoms with van der Waals surface area (Å²) in [6.45, 7) is 3.49. The zero-order valence-corrected chi connectivity index (χ0v) is 36.5. The van der Waals surface area contributed by atoms with E-state index in [1.807, 2.05) is 6.07 Å². The Labute approximate surface area is 384 Å². The molecule has 1 atom stereocenters. The molecule has 8 rings (SSSR count). The van der Waals surface area contributed by atoms with Crippen molar-refractivity contribution in [1.82, 2.24) is 35.4 Å². The van der Waals surface area contributed by atoms with Gasteiger partial charge < -0.3 is 25.6 Å². The van der Waals surface area contributed by atoms with Crippen molar-refractivity contribution in [1.29, 1.82) is 5.26 Å². The number of rotatable bonds is 16. The van der Waals surface area contributed by atoms with Crippen LogP contribution in [0.4, 0.5) is 21.5 Å². The molecule has 19 heteroatoms. The molecule has 18 nitrogen and oxygen atoms in total. The summed E-state index contributed by atoms with van der Waals surface area (Å²) >= 11 is 0. The molecule has 0 saturated carbocycles. The van der Waals surface area contributed by atoms with E-state index in [1.165, 1.54) is 31.5 Å². The van der Waals surface area contributed by atoms with Crippen molar-refractivity contribution in [2.75, 3.05) is 68.5 Å². The van der Waals surface area contributed by atoms with Gasteiger partial charge in [0, 0.05) is 75.5 Å². The van der Waals surface area contributed by atoms with Crippen LogP contribution in [0.1, 0.15) is 68.9 Å². The lowest BCUT2D eigenvalue weighted by molar-refractivity contribution is -0.136. The number of aromatic nitrogens is 3. The van der Waals surface area contributed by atoms with Gasteiger partial charge in [-0.25, -0.2) is 14.4 Å². The summed E-state index contributed by atoms with van der Waals surface area (Å²) in [5.41, 5.74) is 4.11. The van der Waals surface area contributed by atoms with Crippen LogP contribution in [0.2, 0.25) is 0 Å². The molecular formula is C48H46FN11O7. The third kappa shape index (κ3) is 10.1. The van der Waals surface area contributed by atoms with Gasteiger partial charge in [-0.15, -0.1) is 0 Å². The van der Waals surface area contributed by atoms with Crippen molar-refractivity contribution in [2.45, 2.75) is 38.1 Å². The number of fused-ring (bicyclic) bond motifs is 1. The Kier molecular flexibility index (Phi) is 13.8. The molecule has 3 aromatic carbocycles. The van der Waals surface area contributed by atoms with E-state index in [2.05, 4.69) is 52.1 Å². The molecule has 6 amide bonds. The number of hydrogen-bond acceptors (Lipinski definition) is 14. The average Bonchev–Trinajstić information content (AvgIpc) is 3.58. The Morgan fingerprint density at radius 1 is 0.910 bits per heavy atom. The molecule has 2 saturated heterocycles. The molecule has 0 radical (unpaired) electrons. The number of nitriles is 1. The minimum atomic E-state index is -1.02. The highest BCUT2D eigenvalue weighted by Crippen LogP contribution is 2.35. The van der Waals surface area contributed by atoms with Crippen molar-refractivity contribution in [2.24, 2.45) is 0 Å². The predicted molar refractivity (Wildman–Crippen MR) is 243 cm³/mol. The monoisotopic (exact) mass is 907 g/mol. The summed E-state index contributed by atoms with van der Waals surface area (Å²) < 4.78 is 20.2. The number of carbonyl (C=O) groups is 6. The second kappa shape index (κ2) is 20.4. The number of ether oxygens (including phenoxy) is 1. The summed E-state index contributed by atoms with van der Waals surface area (Å²) in [4.78, 5) is 94.7. The molecule has 3 aliphatic heterocycles. The molecule has 5 heterocycles. The minimum Gasteiger partial charge on any atom is -0.496 e. The first-order chi connectivity index (χ1) is 32.5. The molecule has 0 spiro atoms. The lowest BCUT2D eigenvalue weighted by Gasteiger charge is -2.36. The van der Waals surface area contributed by atoms with Gasteiger partial charge in [0.05, 0.1) is 53.4 Å². The molecule has 2 fully saturated rings. The van der Waals surface area contributed by atoms with E-state index < -0.39 is 41.4 Å². The van der Waals surface area contributed by atoms with E-state index in [9.17, 15) is 38.4 Å². The molecular weight excluding hydrogens is 862 g/mol. The van der Waals surface area contributed by atoms with Crippen molar-refractivity contribution in [3.63, 3.8) is 0 Å². The van der Waals surface area contributed by atoms with Crippen LogP contribution < -0.4 is 30.9 Å². The zero-order chi connectivity index (χ0) is 47.0. The summed E-state index contributed by atoms with van der Waals surface area (Å²) in [5, 5.41) is 21.3. The number of pyridine rings is 1. The van der Waals surface area contributed by atoms with Crippen LogP contribution >= 0.6 is 0 Å². The van der Waals surface area contributed by atoms with Gasteiger partial charge in [-0.3, -0.25) is 48.9 Å². The second-order valence-corrected chi connectivity index (χ2v) is 16.1. The van der Waals surface area contributed by atoms with Crippen LogP contribution in [-0.4, -0.2) is 119 Å². The maximum absolute atomic E-state index is 14.9. The quantitative estimate of drug-likeness (QED) is 0.0795. The average molecular weight is 908 g/mol. The highest BCUT2D eigenvalue weighted by atomic mass is 19.1. The van der Waals surface area contributed by atoms with Crippen LogP contribution in [0.15, 0.2) is 85.3 Å². The van der Waals surface area contributed by atoms with Gasteiger partial charge in [0.1, 0.15) is 23.3 Å². The molecule has 0 bridgehead atoms. The molecule has 1 unspecified atom stereocenters. The number of nitrogens with one attached hydrogen (secondary N) is 4. The molecule has 67 heavy (non-hydrogen) atoms. The van der Waals surface area contributed by atoms with Crippen LogP contribution in [0, 0.1) is 17.1 Å². The molecule has 2 aromatic heterocycles. The summed E-state index contributed by atoms with van der Waals surface area (Å²) in [6.07, 6.45) is 7.06. The number of amides is 6. The van der Waals surface area contributed by atoms with Crippen LogP contribution in [0.25, 0.3) is 22.5 Å². The Bertz CT molecular complexity index is 2810. The van der Waals surface area contributed by atoms with Gasteiger partial charge in [0.25, 0.3) is 17.7 Å². The van der Waals surface area contributed by atoms with Gasteiger partial charge >= 0.3 is 0 Å². The van der Waals surface area contributed by atoms with Gasteiger partial charge in [-0.1, -0.05) is 12.1 Å². The second-order valence-electron chi connectivity index (χ2n) is 16.1. The van der Waals surface area contributed by atoms with E-state index in [0.29, 0.717) is 67.5 Å². The van der Waals surface area contributed by atoms with Crippen LogP contribution in [0.5, 0.6) is 5.75 Å². The minimum absolute atomic E-state index is 0.00742. The van der Waals surface area contributed by atoms with E-state index in [-0.39, 0.29) is 59.3 Å². The smallest absolute Gasteiger partial charge is 0.274 e. The van der Waals surface area contributed by atoms with Crippen LogP contribution in [0.3, 0.4) is 0 Å². The number of nitrogens with zero attached hydrogens (tertiary/aromatic N) is 7. The van der Waals surface area contributed by atoms with Crippen molar-refractivity contribution < 1.29 is 37.9 Å². The van der Waals surface area contributed by atoms with E-state index in [1.54, 1.807) is 54.9 Å². The maximum Gasteiger partial charge on any atom is 0.274 e. The fourth-order valence-electron chi connectivity index (χ4n) is 8.35. The first-order valence-corrected chi connectivity index (χ1v) is 21.8. The number of benzene rings is 3. The van der Waals surface area contributed by atoms with E-state index >= 15 is 0 Å². The number of carbonyl (C=O) groups excluding carboxylic acids is 6. The van der Waals surface area contributed by atoms with Crippen molar-refractivity contribution in [3.05, 3.63) is 114 Å². The number of piperazine rings is 1. The number of piperidine rings is 1. The van der Waals surface area contributed by atoms with E-state index in [4.69, 9.17) is 4.74 Å². The standard InChI is InChI=1S/C48H46FN11O7/c1-67-40-7-5-6-35(49)43(40)44-54-19-15-37(55-44)45(63)56-36-11-8-29(34-27-51-18-14-30(34)26-50)24-39(36)59-22-20-58(21-23-59)28-42(62)53-17-4-2-3-16-52-31-9-10-32-33(25-31)48(66)60(47(32)65)38-12-13-41(61)57-46(38)64/h5-11,14-15,18-19,24-25,27,38,52H,2-4,12-13,16-17,20-23,28H2,1H3,(H,53,62)(H,56,63)(H,57,61,64). The normalized spacial score (nSPS) is 16.0. The molecule has 5 aromatic rings. The van der Waals surface area contributed by atoms with Crippen molar-refractivity contribution >= 4 is 52.5 Å². The highest BCUT2D eigenvalue weighted by Gasteiger charge is 2.44. The van der Waals surface area contributed by atoms with Gasteiger partial charge in [0.15, 0.2) is 5.82 Å². The van der Waals surface area contributed by atoms with Gasteiger partial charge in [-0.2, -0.15) is 5.26 Å². The summed E-state index contributed by atoms with van der Waals surface area (Å²) in [7, 11) is 1.41. The van der Waals surface area contributed by atoms with Gasteiger partial charge in [-0.05, 0) is 85.8 Å². The fraction of sp³-hybridized carbons (Fsp3) is 0.292. The first-order valence-electron chi connectivity index (χ1n) is 21.8. The van der Waals surface area contributed by atoms with Gasteiger partial charge in [0.2, 0.25) is 17.7 Å².